The van der Waals surface area contributed by atoms with Crippen LogP contribution in [0.2, 0.25) is 0 Å². The summed E-state index contributed by atoms with van der Waals surface area (Å²) in [6.45, 7) is 0. The number of nitrogens with zero attached hydrogens (tertiary/aromatic N) is 2. The average Bonchev–Trinajstić information content (AvgIpc) is 2.63. The number of methoxy groups -OCH3 is 1. The average molecular weight is 194 g/mol. The zero-order valence-electron chi connectivity index (χ0n) is 6.85. The predicted octanol–water partition coefficient (Wildman–Crippen LogP) is 1.48. The van der Waals surface area contributed by atoms with Crippen LogP contribution in [-0.4, -0.2) is 22.7 Å². The fraction of sp³-hybridized carbons (Fsp3) is 0.125. The fourth-order valence-corrected chi connectivity index (χ4v) is 1.67. The summed E-state index contributed by atoms with van der Waals surface area (Å²) >= 11 is 1.26. The molecular weight excluding hydrogens is 188 g/mol. The van der Waals surface area contributed by atoms with Crippen molar-refractivity contribution in [1.82, 2.24) is 9.59 Å². The number of fused-ring (bicyclic) bond motifs is 1. The van der Waals surface area contributed by atoms with E-state index in [-0.39, 0.29) is 5.97 Å². The van der Waals surface area contributed by atoms with E-state index in [0.717, 1.165) is 4.70 Å². The molecule has 1 heterocycles. The van der Waals surface area contributed by atoms with Gasteiger partial charge < -0.3 is 4.74 Å². The second kappa shape index (κ2) is 3.10. The van der Waals surface area contributed by atoms with Crippen LogP contribution < -0.4 is 0 Å². The van der Waals surface area contributed by atoms with Gasteiger partial charge in [0.25, 0.3) is 0 Å². The molecule has 0 spiro atoms. The van der Waals surface area contributed by atoms with E-state index >= 15 is 0 Å². The van der Waals surface area contributed by atoms with Crippen molar-refractivity contribution in [3.05, 3.63) is 23.8 Å². The summed E-state index contributed by atoms with van der Waals surface area (Å²) in [5, 5.41) is 3.86. The quantitative estimate of drug-likeness (QED) is 0.645. The van der Waals surface area contributed by atoms with E-state index in [1.807, 2.05) is 6.07 Å². The maximum atomic E-state index is 11.2. The number of hydrogen-bond donors (Lipinski definition) is 0. The first-order valence-corrected chi connectivity index (χ1v) is 4.39. The number of rotatable bonds is 1. The van der Waals surface area contributed by atoms with Gasteiger partial charge in [-0.15, -0.1) is 5.10 Å². The van der Waals surface area contributed by atoms with Crippen molar-refractivity contribution in [3.8, 4) is 0 Å². The van der Waals surface area contributed by atoms with Crippen molar-refractivity contribution < 1.29 is 9.53 Å². The van der Waals surface area contributed by atoms with E-state index in [0.29, 0.717) is 11.1 Å². The third-order valence-electron chi connectivity index (χ3n) is 1.68. The number of carbonyl (C=O) groups is 1. The molecule has 13 heavy (non-hydrogen) atoms. The standard InChI is InChI=1S/C8H6N2O2S/c1-12-8(11)5-3-2-4-6-7(5)9-10-13-6/h2-4H,1H3. The minimum atomic E-state index is -0.377. The topological polar surface area (TPSA) is 52.1 Å². The Morgan fingerprint density at radius 3 is 3.15 bits per heavy atom. The third-order valence-corrected chi connectivity index (χ3v) is 2.37. The first-order valence-electron chi connectivity index (χ1n) is 3.62. The van der Waals surface area contributed by atoms with Crippen LogP contribution in [0, 0.1) is 0 Å². The van der Waals surface area contributed by atoms with Gasteiger partial charge in [-0.1, -0.05) is 10.6 Å². The van der Waals surface area contributed by atoms with Crippen LogP contribution in [0.3, 0.4) is 0 Å². The van der Waals surface area contributed by atoms with Crippen molar-refractivity contribution in [1.29, 1.82) is 0 Å². The zero-order valence-corrected chi connectivity index (χ0v) is 7.67. The number of hydrogen-bond acceptors (Lipinski definition) is 5. The maximum absolute atomic E-state index is 11.2. The van der Waals surface area contributed by atoms with E-state index in [2.05, 4.69) is 14.3 Å². The van der Waals surface area contributed by atoms with Gasteiger partial charge in [0.15, 0.2) is 0 Å². The Morgan fingerprint density at radius 2 is 2.38 bits per heavy atom. The van der Waals surface area contributed by atoms with Crippen LogP contribution in [0.5, 0.6) is 0 Å². The molecule has 0 bridgehead atoms. The lowest BCUT2D eigenvalue weighted by Crippen LogP contribution is -2.01. The molecule has 1 aromatic carbocycles. The highest BCUT2D eigenvalue weighted by Gasteiger charge is 2.11. The van der Waals surface area contributed by atoms with E-state index in [1.54, 1.807) is 12.1 Å². The Bertz CT molecular complexity index is 452. The summed E-state index contributed by atoms with van der Waals surface area (Å²) < 4.78 is 9.27. The minimum absolute atomic E-state index is 0.377. The smallest absolute Gasteiger partial charge is 0.340 e. The van der Waals surface area contributed by atoms with Crippen molar-refractivity contribution in [2.45, 2.75) is 0 Å². The van der Waals surface area contributed by atoms with Gasteiger partial charge in [0, 0.05) is 0 Å². The number of esters is 1. The molecule has 5 heteroatoms. The molecule has 0 N–H and O–H groups in total. The molecule has 0 radical (unpaired) electrons. The molecule has 0 amide bonds. The van der Waals surface area contributed by atoms with Crippen molar-refractivity contribution in [2.75, 3.05) is 7.11 Å². The number of aromatic nitrogens is 2. The first-order chi connectivity index (χ1) is 6.33. The van der Waals surface area contributed by atoms with Crippen LogP contribution in [0.4, 0.5) is 0 Å². The molecule has 0 aliphatic rings. The normalized spacial score (nSPS) is 10.2. The SMILES string of the molecule is COC(=O)c1cccc2snnc12. The highest BCUT2D eigenvalue weighted by atomic mass is 32.1. The lowest BCUT2D eigenvalue weighted by Gasteiger charge is -1.97. The predicted molar refractivity (Wildman–Crippen MR) is 48.8 cm³/mol. The second-order valence-corrected chi connectivity index (χ2v) is 3.20. The summed E-state index contributed by atoms with van der Waals surface area (Å²) in [5.74, 6) is -0.377. The monoisotopic (exact) mass is 194 g/mol. The van der Waals surface area contributed by atoms with Crippen molar-refractivity contribution >= 4 is 27.7 Å². The Morgan fingerprint density at radius 1 is 1.54 bits per heavy atom. The van der Waals surface area contributed by atoms with Gasteiger partial charge >= 0.3 is 5.97 Å². The fourth-order valence-electron chi connectivity index (χ4n) is 1.08. The van der Waals surface area contributed by atoms with E-state index in [1.165, 1.54) is 18.6 Å². The number of benzene rings is 1. The summed E-state index contributed by atoms with van der Waals surface area (Å²) in [4.78, 5) is 11.2. The van der Waals surface area contributed by atoms with Crippen molar-refractivity contribution in [2.24, 2.45) is 0 Å². The van der Waals surface area contributed by atoms with Crippen LogP contribution in [0.1, 0.15) is 10.4 Å². The molecule has 0 atom stereocenters. The van der Waals surface area contributed by atoms with E-state index in [4.69, 9.17) is 0 Å². The van der Waals surface area contributed by atoms with Gasteiger partial charge in [-0.2, -0.15) is 0 Å². The molecule has 0 aliphatic heterocycles. The highest BCUT2D eigenvalue weighted by Crippen LogP contribution is 2.19. The molecule has 0 fully saturated rings. The van der Waals surface area contributed by atoms with Gasteiger partial charge in [0.2, 0.25) is 0 Å². The second-order valence-electron chi connectivity index (χ2n) is 2.42. The van der Waals surface area contributed by atoms with Gasteiger partial charge in [0.05, 0.1) is 17.4 Å². The molecule has 0 saturated carbocycles. The number of ether oxygens (including phenoxy) is 1. The highest BCUT2D eigenvalue weighted by molar-refractivity contribution is 7.13. The van der Waals surface area contributed by atoms with Gasteiger partial charge in [-0.3, -0.25) is 0 Å². The molecule has 0 aliphatic carbocycles. The Hall–Kier alpha value is -1.49. The molecular formula is C8H6N2O2S. The Kier molecular flexibility index (Phi) is 1.94. The first kappa shape index (κ1) is 8.12. The van der Waals surface area contributed by atoms with Gasteiger partial charge in [-0.05, 0) is 23.7 Å². The Balaban J connectivity index is 2.67. The Labute approximate surface area is 78.3 Å². The summed E-state index contributed by atoms with van der Waals surface area (Å²) in [7, 11) is 1.35. The summed E-state index contributed by atoms with van der Waals surface area (Å²) in [5.41, 5.74) is 1.08. The van der Waals surface area contributed by atoms with Crippen LogP contribution in [0.15, 0.2) is 18.2 Å². The van der Waals surface area contributed by atoms with E-state index < -0.39 is 0 Å². The third kappa shape index (κ3) is 1.27. The van der Waals surface area contributed by atoms with Crippen LogP contribution in [-0.2, 0) is 4.74 Å². The summed E-state index contributed by atoms with van der Waals surface area (Å²) in [6, 6.07) is 5.33. The van der Waals surface area contributed by atoms with Crippen LogP contribution >= 0.6 is 11.5 Å². The molecule has 4 nitrogen and oxygen atoms in total. The van der Waals surface area contributed by atoms with Gasteiger partial charge in [0.1, 0.15) is 5.52 Å². The number of carbonyl (C=O) groups excluding carboxylic acids is 1. The zero-order chi connectivity index (χ0) is 9.26. The van der Waals surface area contributed by atoms with Gasteiger partial charge in [-0.25, -0.2) is 4.79 Å². The van der Waals surface area contributed by atoms with Crippen LogP contribution in [0.25, 0.3) is 10.2 Å². The lowest BCUT2D eigenvalue weighted by molar-refractivity contribution is 0.0603. The van der Waals surface area contributed by atoms with Crippen molar-refractivity contribution in [3.63, 3.8) is 0 Å². The molecule has 2 aromatic rings. The molecule has 0 unspecified atom stereocenters. The summed E-state index contributed by atoms with van der Waals surface area (Å²) in [6.07, 6.45) is 0. The largest absolute Gasteiger partial charge is 0.465 e. The maximum Gasteiger partial charge on any atom is 0.340 e. The molecule has 1 aromatic heterocycles. The lowest BCUT2D eigenvalue weighted by atomic mass is 10.2. The van der Waals surface area contributed by atoms with E-state index in [9.17, 15) is 4.79 Å². The molecule has 0 saturated heterocycles. The molecule has 2 rings (SSSR count). The minimum Gasteiger partial charge on any atom is -0.465 e. The molecule has 66 valence electrons.